The summed E-state index contributed by atoms with van der Waals surface area (Å²) >= 11 is 1.58. The van der Waals surface area contributed by atoms with Crippen molar-refractivity contribution in [2.45, 2.75) is 45.3 Å². The highest BCUT2D eigenvalue weighted by Gasteiger charge is 2.40. The molecule has 1 fully saturated rings. The molecule has 0 radical (unpaired) electrons. The molecule has 5 rings (SSSR count). The van der Waals surface area contributed by atoms with Crippen molar-refractivity contribution in [3.63, 3.8) is 0 Å². The van der Waals surface area contributed by atoms with Crippen molar-refractivity contribution in [1.82, 2.24) is 19.6 Å². The SMILES string of the molecule is COc1ccc(-n2nc(C(C)(C)C)c3c2N(CC(=O)N2CCN(C(C)=O)CC2)C(=O)CS[C@@H]3c2ccccc2C)cc1. The monoisotopic (exact) mass is 589 g/mol. The van der Waals surface area contributed by atoms with Gasteiger partial charge in [-0.15, -0.1) is 11.8 Å². The van der Waals surface area contributed by atoms with Crippen molar-refractivity contribution in [3.8, 4) is 11.4 Å². The van der Waals surface area contributed by atoms with E-state index < -0.39 is 0 Å². The Labute approximate surface area is 251 Å². The highest BCUT2D eigenvalue weighted by Crippen LogP contribution is 2.49. The van der Waals surface area contributed by atoms with Crippen LogP contribution < -0.4 is 9.64 Å². The fourth-order valence-electron chi connectivity index (χ4n) is 5.61. The van der Waals surface area contributed by atoms with Gasteiger partial charge in [-0.1, -0.05) is 45.0 Å². The van der Waals surface area contributed by atoms with E-state index >= 15 is 0 Å². The standard InChI is InChI=1S/C32H39N5O4S/c1-21-9-7-8-10-25(21)29-28-30(32(3,4)5)33-37(23-11-13-24(41-6)14-12-23)31(28)36(27(40)20-42-29)19-26(39)35-17-15-34(16-18-35)22(2)38/h7-14,29H,15-20H2,1-6H3/t29-/m1/s1. The fourth-order valence-corrected chi connectivity index (χ4v) is 6.90. The van der Waals surface area contributed by atoms with Crippen LogP contribution in [0.25, 0.3) is 5.69 Å². The zero-order valence-electron chi connectivity index (χ0n) is 25.2. The number of carbonyl (C=O) groups excluding carboxylic acids is 3. The highest BCUT2D eigenvalue weighted by molar-refractivity contribution is 8.00. The van der Waals surface area contributed by atoms with Crippen molar-refractivity contribution in [2.75, 3.05) is 50.5 Å². The number of benzene rings is 2. The van der Waals surface area contributed by atoms with Crippen molar-refractivity contribution in [1.29, 1.82) is 0 Å². The van der Waals surface area contributed by atoms with Gasteiger partial charge in [-0.05, 0) is 42.3 Å². The fraction of sp³-hybridized carbons (Fsp3) is 0.438. The molecule has 2 aliphatic heterocycles. The Morgan fingerprint density at radius 3 is 2.24 bits per heavy atom. The molecule has 1 saturated heterocycles. The molecular weight excluding hydrogens is 550 g/mol. The van der Waals surface area contributed by atoms with Crippen LogP contribution in [-0.2, 0) is 19.8 Å². The number of anilines is 1. The lowest BCUT2D eigenvalue weighted by atomic mass is 9.86. The zero-order valence-corrected chi connectivity index (χ0v) is 26.0. The molecule has 2 aliphatic rings. The third-order valence-corrected chi connectivity index (χ3v) is 9.20. The van der Waals surface area contributed by atoms with E-state index in [1.807, 2.05) is 41.1 Å². The van der Waals surface area contributed by atoms with E-state index in [1.165, 1.54) is 0 Å². The number of methoxy groups -OCH3 is 1. The van der Waals surface area contributed by atoms with Gasteiger partial charge in [-0.2, -0.15) is 5.10 Å². The van der Waals surface area contributed by atoms with E-state index in [1.54, 1.807) is 40.5 Å². The minimum absolute atomic E-state index is 0.00631. The Morgan fingerprint density at radius 2 is 1.64 bits per heavy atom. The molecule has 0 spiro atoms. The van der Waals surface area contributed by atoms with E-state index in [0.717, 1.165) is 28.1 Å². The predicted octanol–water partition coefficient (Wildman–Crippen LogP) is 4.35. The van der Waals surface area contributed by atoms with Crippen molar-refractivity contribution in [3.05, 3.63) is 70.9 Å². The van der Waals surface area contributed by atoms with Gasteiger partial charge in [-0.25, -0.2) is 4.68 Å². The lowest BCUT2D eigenvalue weighted by Crippen LogP contribution is -2.53. The van der Waals surface area contributed by atoms with Crippen LogP contribution in [0.1, 0.15) is 55.3 Å². The summed E-state index contributed by atoms with van der Waals surface area (Å²) < 4.78 is 7.22. The first-order chi connectivity index (χ1) is 20.0. The van der Waals surface area contributed by atoms with E-state index in [0.29, 0.717) is 37.7 Å². The molecule has 0 saturated carbocycles. The maximum absolute atomic E-state index is 14.0. The molecule has 222 valence electrons. The number of ether oxygens (including phenoxy) is 1. The Balaban J connectivity index is 1.66. The van der Waals surface area contributed by atoms with Crippen LogP contribution >= 0.6 is 11.8 Å². The van der Waals surface area contributed by atoms with Crippen molar-refractivity contribution >= 4 is 35.3 Å². The summed E-state index contributed by atoms with van der Waals surface area (Å²) in [6.45, 7) is 11.8. The summed E-state index contributed by atoms with van der Waals surface area (Å²) in [7, 11) is 1.62. The third kappa shape index (κ3) is 5.77. The second-order valence-corrected chi connectivity index (χ2v) is 13.0. The van der Waals surface area contributed by atoms with Gasteiger partial charge in [-0.3, -0.25) is 19.3 Å². The molecule has 1 atom stereocenters. The maximum atomic E-state index is 14.0. The summed E-state index contributed by atoms with van der Waals surface area (Å²) in [5.74, 6) is 1.30. The Bertz CT molecular complexity index is 1490. The third-order valence-electron chi connectivity index (χ3n) is 7.96. The van der Waals surface area contributed by atoms with Crippen molar-refractivity contribution < 1.29 is 19.1 Å². The Morgan fingerprint density at radius 1 is 1.00 bits per heavy atom. The van der Waals surface area contributed by atoms with Crippen LogP contribution in [0.15, 0.2) is 48.5 Å². The second-order valence-electron chi connectivity index (χ2n) is 11.9. The van der Waals surface area contributed by atoms with E-state index in [4.69, 9.17) is 9.84 Å². The number of aromatic nitrogens is 2. The predicted molar refractivity (Wildman–Crippen MR) is 165 cm³/mol. The second kappa shape index (κ2) is 11.8. The maximum Gasteiger partial charge on any atom is 0.242 e. The summed E-state index contributed by atoms with van der Waals surface area (Å²) in [5, 5.41) is 5.02. The summed E-state index contributed by atoms with van der Waals surface area (Å²) in [6.07, 6.45) is 0. The van der Waals surface area contributed by atoms with E-state index in [9.17, 15) is 14.4 Å². The lowest BCUT2D eigenvalue weighted by molar-refractivity contribution is -0.137. The molecule has 2 aromatic carbocycles. The number of thioether (sulfide) groups is 1. The van der Waals surface area contributed by atoms with Gasteiger partial charge in [0.05, 0.1) is 29.5 Å². The normalized spacial score (nSPS) is 17.6. The molecule has 3 amide bonds. The summed E-state index contributed by atoms with van der Waals surface area (Å²) in [6, 6.07) is 15.8. The molecule has 10 heteroatoms. The molecule has 1 aromatic heterocycles. The lowest BCUT2D eigenvalue weighted by Gasteiger charge is -2.35. The molecule has 3 aromatic rings. The molecule has 3 heterocycles. The number of piperazine rings is 1. The number of fused-ring (bicyclic) bond motifs is 1. The first-order valence-electron chi connectivity index (χ1n) is 14.3. The number of hydrogen-bond acceptors (Lipinski definition) is 6. The first kappa shape index (κ1) is 29.7. The van der Waals surface area contributed by atoms with Crippen LogP contribution in [0.4, 0.5) is 5.82 Å². The van der Waals surface area contributed by atoms with Gasteiger partial charge in [0.25, 0.3) is 0 Å². The van der Waals surface area contributed by atoms with Gasteiger partial charge in [0.1, 0.15) is 18.1 Å². The molecule has 0 unspecified atom stereocenters. The van der Waals surface area contributed by atoms with Crippen LogP contribution in [0.5, 0.6) is 5.75 Å². The van der Waals surface area contributed by atoms with Gasteiger partial charge >= 0.3 is 0 Å². The smallest absolute Gasteiger partial charge is 0.242 e. The average Bonchev–Trinajstić information content (AvgIpc) is 3.31. The molecular formula is C32H39N5O4S. The Hall–Kier alpha value is -3.79. The number of rotatable bonds is 5. The summed E-state index contributed by atoms with van der Waals surface area (Å²) in [4.78, 5) is 44.6. The van der Waals surface area contributed by atoms with Crippen LogP contribution in [0.3, 0.4) is 0 Å². The van der Waals surface area contributed by atoms with E-state index in [-0.39, 0.29) is 40.7 Å². The summed E-state index contributed by atoms with van der Waals surface area (Å²) in [5.41, 5.74) is 4.55. The zero-order chi connectivity index (χ0) is 30.2. The number of amides is 3. The average molecular weight is 590 g/mol. The molecule has 42 heavy (non-hydrogen) atoms. The highest BCUT2D eigenvalue weighted by atomic mass is 32.2. The molecule has 0 N–H and O–H groups in total. The van der Waals surface area contributed by atoms with Crippen LogP contribution in [0, 0.1) is 6.92 Å². The van der Waals surface area contributed by atoms with Gasteiger partial charge in [0.2, 0.25) is 17.7 Å². The minimum Gasteiger partial charge on any atom is -0.497 e. The number of carbonyl (C=O) groups is 3. The topological polar surface area (TPSA) is 88.0 Å². The molecule has 0 bridgehead atoms. The van der Waals surface area contributed by atoms with Crippen LogP contribution in [-0.4, -0.2) is 82.9 Å². The molecule has 9 nitrogen and oxygen atoms in total. The minimum atomic E-state index is -0.338. The largest absolute Gasteiger partial charge is 0.497 e. The Kier molecular flexibility index (Phi) is 8.37. The number of hydrogen-bond donors (Lipinski definition) is 0. The van der Waals surface area contributed by atoms with Crippen LogP contribution in [0.2, 0.25) is 0 Å². The van der Waals surface area contributed by atoms with Gasteiger partial charge in [0, 0.05) is 44.1 Å². The van der Waals surface area contributed by atoms with Gasteiger partial charge in [0.15, 0.2) is 0 Å². The van der Waals surface area contributed by atoms with Gasteiger partial charge < -0.3 is 14.5 Å². The number of aryl methyl sites for hydroxylation is 1. The quantitative estimate of drug-likeness (QED) is 0.440. The molecule has 0 aliphatic carbocycles. The first-order valence-corrected chi connectivity index (χ1v) is 15.3. The number of nitrogens with zero attached hydrogens (tertiary/aromatic N) is 5. The van der Waals surface area contributed by atoms with Crippen molar-refractivity contribution in [2.24, 2.45) is 0 Å². The van der Waals surface area contributed by atoms with E-state index in [2.05, 4.69) is 39.8 Å².